The van der Waals surface area contributed by atoms with Gasteiger partial charge in [0, 0.05) is 5.56 Å². The van der Waals surface area contributed by atoms with Gasteiger partial charge in [0.05, 0.1) is 11.9 Å². The number of rotatable bonds is 2. The van der Waals surface area contributed by atoms with Crippen LogP contribution in [0.15, 0.2) is 40.9 Å². The molecule has 3 nitrogen and oxygen atoms in total. The zero-order chi connectivity index (χ0) is 11.0. The monoisotopic (exact) mass is 247 g/mol. The molecule has 0 aliphatic heterocycles. The molecule has 1 aromatic carbocycles. The average molecular weight is 247 g/mol. The van der Waals surface area contributed by atoms with Gasteiger partial charge >= 0.3 is 0 Å². The van der Waals surface area contributed by atoms with E-state index in [0.717, 1.165) is 20.6 Å². The summed E-state index contributed by atoms with van der Waals surface area (Å²) < 4.78 is 2.89. The van der Waals surface area contributed by atoms with Crippen molar-refractivity contribution in [3.8, 4) is 11.3 Å². The van der Waals surface area contributed by atoms with Crippen molar-refractivity contribution < 1.29 is 0 Å². The van der Waals surface area contributed by atoms with Gasteiger partial charge in [-0.05, 0) is 6.26 Å². The topological polar surface area (TPSA) is 30.2 Å². The molecule has 0 radical (unpaired) electrons. The Bertz CT molecular complexity index is 581. The lowest BCUT2D eigenvalue weighted by molar-refractivity contribution is 0.916. The maximum Gasteiger partial charge on any atom is 0.213 e. The van der Waals surface area contributed by atoms with Crippen LogP contribution < -0.4 is 0 Å². The largest absolute Gasteiger partial charge is 0.217 e. The van der Waals surface area contributed by atoms with Gasteiger partial charge in [0.1, 0.15) is 0 Å². The van der Waals surface area contributed by atoms with Crippen LogP contribution in [0.25, 0.3) is 16.2 Å². The Labute approximate surface area is 101 Å². The van der Waals surface area contributed by atoms with Gasteiger partial charge in [0.15, 0.2) is 4.34 Å². The molecule has 0 N–H and O–H groups in total. The number of hydrogen-bond donors (Lipinski definition) is 0. The summed E-state index contributed by atoms with van der Waals surface area (Å²) in [5.74, 6) is 0. The van der Waals surface area contributed by atoms with E-state index in [1.165, 1.54) is 0 Å². The summed E-state index contributed by atoms with van der Waals surface area (Å²) in [5, 5.41) is 4.41. The van der Waals surface area contributed by atoms with Crippen molar-refractivity contribution >= 4 is 28.1 Å². The fraction of sp³-hybridized carbons (Fsp3) is 0.0909. The second-order valence-corrected chi connectivity index (χ2v) is 5.30. The van der Waals surface area contributed by atoms with Crippen LogP contribution >= 0.6 is 23.1 Å². The molecule has 80 valence electrons. The molecule has 2 heterocycles. The predicted octanol–water partition coefficient (Wildman–Crippen LogP) is 3.18. The lowest BCUT2D eigenvalue weighted by Crippen LogP contribution is -1.79. The van der Waals surface area contributed by atoms with Crippen molar-refractivity contribution in [3.05, 3.63) is 36.5 Å². The van der Waals surface area contributed by atoms with Crippen LogP contribution in [-0.4, -0.2) is 20.9 Å². The normalized spacial score (nSPS) is 11.1. The van der Waals surface area contributed by atoms with E-state index in [-0.39, 0.29) is 0 Å². The van der Waals surface area contributed by atoms with Gasteiger partial charge in [0.25, 0.3) is 0 Å². The highest BCUT2D eigenvalue weighted by Crippen LogP contribution is 2.25. The zero-order valence-electron chi connectivity index (χ0n) is 8.62. The van der Waals surface area contributed by atoms with E-state index in [1.807, 2.05) is 35.2 Å². The molecule has 0 aliphatic carbocycles. The minimum Gasteiger partial charge on any atom is -0.217 e. The maximum atomic E-state index is 4.56. The van der Waals surface area contributed by atoms with Gasteiger partial charge in [-0.15, -0.1) is 5.10 Å². The van der Waals surface area contributed by atoms with Crippen molar-refractivity contribution in [1.29, 1.82) is 0 Å². The summed E-state index contributed by atoms with van der Waals surface area (Å²) in [4.78, 5) is 5.50. The Morgan fingerprint density at radius 1 is 1.25 bits per heavy atom. The van der Waals surface area contributed by atoms with Gasteiger partial charge in [0.2, 0.25) is 4.96 Å². The molecule has 5 heteroatoms. The number of aromatic nitrogens is 3. The number of benzene rings is 1. The van der Waals surface area contributed by atoms with Gasteiger partial charge in [-0.3, -0.25) is 0 Å². The van der Waals surface area contributed by atoms with Crippen LogP contribution in [0.3, 0.4) is 0 Å². The standard InChI is InChI=1S/C11H9N3S2/c1-15-11-13-14-7-9(12-10(14)16-11)8-5-3-2-4-6-8/h2-7H,1H3. The third-order valence-corrected chi connectivity index (χ3v) is 4.17. The highest BCUT2D eigenvalue weighted by atomic mass is 32.2. The Morgan fingerprint density at radius 2 is 2.06 bits per heavy atom. The summed E-state index contributed by atoms with van der Waals surface area (Å²) in [6, 6.07) is 10.2. The molecule has 0 bridgehead atoms. The van der Waals surface area contributed by atoms with Crippen LogP contribution in [0.2, 0.25) is 0 Å². The van der Waals surface area contributed by atoms with Crippen LogP contribution in [0.5, 0.6) is 0 Å². The fourth-order valence-electron chi connectivity index (χ4n) is 1.51. The molecule has 3 rings (SSSR count). The Hall–Kier alpha value is -1.33. The number of thioether (sulfide) groups is 1. The molecular weight excluding hydrogens is 238 g/mol. The molecule has 2 aromatic heterocycles. The number of imidazole rings is 1. The van der Waals surface area contributed by atoms with Crippen molar-refractivity contribution in [2.24, 2.45) is 0 Å². The average Bonchev–Trinajstić information content (AvgIpc) is 2.87. The summed E-state index contributed by atoms with van der Waals surface area (Å²) in [6.45, 7) is 0. The van der Waals surface area contributed by atoms with Gasteiger partial charge in [-0.1, -0.05) is 53.4 Å². The predicted molar refractivity (Wildman–Crippen MR) is 68.1 cm³/mol. The fourth-order valence-corrected chi connectivity index (χ4v) is 2.85. The van der Waals surface area contributed by atoms with E-state index >= 15 is 0 Å². The molecular formula is C11H9N3S2. The first-order valence-electron chi connectivity index (χ1n) is 4.82. The molecule has 0 amide bonds. The maximum absolute atomic E-state index is 4.56. The third kappa shape index (κ3) is 1.62. The van der Waals surface area contributed by atoms with Gasteiger partial charge < -0.3 is 0 Å². The first kappa shape index (κ1) is 9.86. The van der Waals surface area contributed by atoms with E-state index in [9.17, 15) is 0 Å². The smallest absolute Gasteiger partial charge is 0.213 e. The minimum absolute atomic E-state index is 0.947. The van der Waals surface area contributed by atoms with Crippen LogP contribution in [0.1, 0.15) is 0 Å². The molecule has 0 spiro atoms. The van der Waals surface area contributed by atoms with E-state index in [0.29, 0.717) is 0 Å². The van der Waals surface area contributed by atoms with E-state index in [2.05, 4.69) is 22.2 Å². The number of hydrogen-bond acceptors (Lipinski definition) is 4. The second-order valence-electron chi connectivity index (χ2n) is 3.29. The highest BCUT2D eigenvalue weighted by molar-refractivity contribution is 8.00. The Morgan fingerprint density at radius 3 is 2.75 bits per heavy atom. The molecule has 0 fully saturated rings. The first-order chi connectivity index (χ1) is 7.86. The lowest BCUT2D eigenvalue weighted by Gasteiger charge is -1.92. The van der Waals surface area contributed by atoms with Crippen LogP contribution in [0.4, 0.5) is 0 Å². The van der Waals surface area contributed by atoms with Crippen molar-refractivity contribution in [2.75, 3.05) is 6.26 Å². The molecule has 16 heavy (non-hydrogen) atoms. The Balaban J connectivity index is 2.10. The van der Waals surface area contributed by atoms with E-state index < -0.39 is 0 Å². The molecule has 0 saturated heterocycles. The molecule has 0 atom stereocenters. The third-order valence-electron chi connectivity index (χ3n) is 2.27. The van der Waals surface area contributed by atoms with Gasteiger partial charge in [-0.25, -0.2) is 9.50 Å². The quantitative estimate of drug-likeness (QED) is 0.651. The van der Waals surface area contributed by atoms with E-state index in [1.54, 1.807) is 23.1 Å². The van der Waals surface area contributed by atoms with Crippen molar-refractivity contribution in [2.45, 2.75) is 4.34 Å². The Kier molecular flexibility index (Phi) is 2.41. The lowest BCUT2D eigenvalue weighted by atomic mass is 10.2. The molecule has 0 saturated carbocycles. The summed E-state index contributed by atoms with van der Waals surface area (Å²) in [6.07, 6.45) is 4.00. The highest BCUT2D eigenvalue weighted by Gasteiger charge is 2.08. The summed E-state index contributed by atoms with van der Waals surface area (Å²) in [5.41, 5.74) is 2.11. The summed E-state index contributed by atoms with van der Waals surface area (Å²) >= 11 is 3.26. The molecule has 3 aromatic rings. The molecule has 0 unspecified atom stereocenters. The first-order valence-corrected chi connectivity index (χ1v) is 6.86. The van der Waals surface area contributed by atoms with Crippen LogP contribution in [0, 0.1) is 0 Å². The molecule has 0 aliphatic rings. The second kappa shape index (κ2) is 3.92. The zero-order valence-corrected chi connectivity index (χ0v) is 10.3. The van der Waals surface area contributed by atoms with Crippen molar-refractivity contribution in [1.82, 2.24) is 14.6 Å². The van der Waals surface area contributed by atoms with Crippen molar-refractivity contribution in [3.63, 3.8) is 0 Å². The number of nitrogens with zero attached hydrogens (tertiary/aromatic N) is 3. The van der Waals surface area contributed by atoms with Crippen LogP contribution in [-0.2, 0) is 0 Å². The van der Waals surface area contributed by atoms with Gasteiger partial charge in [-0.2, -0.15) is 0 Å². The SMILES string of the molecule is CSc1nn2cc(-c3ccccc3)nc2s1. The van der Waals surface area contributed by atoms with E-state index in [4.69, 9.17) is 0 Å². The minimum atomic E-state index is 0.947. The number of fused-ring (bicyclic) bond motifs is 1. The summed E-state index contributed by atoms with van der Waals surface area (Å²) in [7, 11) is 0.